The van der Waals surface area contributed by atoms with E-state index < -0.39 is 5.92 Å². The first-order valence-electron chi connectivity index (χ1n) is 5.63. The average molecular weight is 227 g/mol. The molecule has 1 aromatic rings. The summed E-state index contributed by atoms with van der Waals surface area (Å²) in [6, 6.07) is 5.01. The summed E-state index contributed by atoms with van der Waals surface area (Å²) in [4.78, 5) is 0. The number of rotatable bonds is 5. The average Bonchev–Trinajstić information content (AvgIpc) is 2.16. The highest BCUT2D eigenvalue weighted by Crippen LogP contribution is 2.28. The second kappa shape index (κ2) is 5.39. The lowest BCUT2D eigenvalue weighted by molar-refractivity contribution is -0.00301. The molecule has 0 bridgehead atoms. The van der Waals surface area contributed by atoms with Crippen molar-refractivity contribution in [1.82, 2.24) is 5.32 Å². The Morgan fingerprint density at radius 2 is 1.69 bits per heavy atom. The van der Waals surface area contributed by atoms with Gasteiger partial charge in [0.2, 0.25) is 0 Å². The van der Waals surface area contributed by atoms with Crippen LogP contribution in [0, 0.1) is 13.8 Å². The van der Waals surface area contributed by atoms with Crippen LogP contribution >= 0.6 is 0 Å². The van der Waals surface area contributed by atoms with Gasteiger partial charge in [0.25, 0.3) is 5.92 Å². The van der Waals surface area contributed by atoms with Crippen molar-refractivity contribution < 1.29 is 8.78 Å². The van der Waals surface area contributed by atoms with Gasteiger partial charge < -0.3 is 5.32 Å². The zero-order chi connectivity index (χ0) is 12.2. The molecule has 1 N–H and O–H groups in total. The van der Waals surface area contributed by atoms with E-state index in [1.807, 2.05) is 26.8 Å². The third-order valence-corrected chi connectivity index (χ3v) is 2.42. The number of alkyl halides is 2. The summed E-state index contributed by atoms with van der Waals surface area (Å²) < 4.78 is 27.6. The number of benzene rings is 1. The van der Waals surface area contributed by atoms with Crippen molar-refractivity contribution in [3.05, 3.63) is 34.9 Å². The molecule has 16 heavy (non-hydrogen) atoms. The largest absolute Gasteiger partial charge is 0.311 e. The van der Waals surface area contributed by atoms with Gasteiger partial charge in [-0.15, -0.1) is 0 Å². The minimum absolute atomic E-state index is 0.105. The first-order valence-corrected chi connectivity index (χ1v) is 5.63. The van der Waals surface area contributed by atoms with Gasteiger partial charge in [-0.3, -0.25) is 0 Å². The van der Waals surface area contributed by atoms with Crippen molar-refractivity contribution in [2.24, 2.45) is 0 Å². The molecule has 0 heterocycles. The van der Waals surface area contributed by atoms with Gasteiger partial charge in [-0.25, -0.2) is 0 Å². The third-order valence-electron chi connectivity index (χ3n) is 2.42. The predicted molar refractivity (Wildman–Crippen MR) is 63.0 cm³/mol. The van der Waals surface area contributed by atoms with Crippen LogP contribution in [0.5, 0.6) is 0 Å². The lowest BCUT2D eigenvalue weighted by atomic mass is 10.0. The van der Waals surface area contributed by atoms with Crippen LogP contribution in [-0.4, -0.2) is 13.1 Å². The summed E-state index contributed by atoms with van der Waals surface area (Å²) in [6.45, 7) is 5.98. The van der Waals surface area contributed by atoms with Gasteiger partial charge in [0.1, 0.15) is 0 Å². The number of aryl methyl sites for hydroxylation is 2. The maximum Gasteiger partial charge on any atom is 0.285 e. The van der Waals surface area contributed by atoms with Crippen molar-refractivity contribution >= 4 is 0 Å². The molecule has 0 saturated heterocycles. The minimum Gasteiger partial charge on any atom is -0.311 e. The molecular formula is C13H19F2N. The van der Waals surface area contributed by atoms with E-state index in [0.29, 0.717) is 6.54 Å². The fourth-order valence-electron chi connectivity index (χ4n) is 1.71. The van der Waals surface area contributed by atoms with E-state index in [-0.39, 0.29) is 12.1 Å². The molecule has 0 spiro atoms. The minimum atomic E-state index is -2.79. The lowest BCUT2D eigenvalue weighted by Gasteiger charge is -2.18. The summed E-state index contributed by atoms with van der Waals surface area (Å²) in [5, 5.41) is 2.76. The molecule has 0 unspecified atom stereocenters. The van der Waals surface area contributed by atoms with E-state index in [4.69, 9.17) is 0 Å². The van der Waals surface area contributed by atoms with E-state index in [0.717, 1.165) is 17.5 Å². The SMILES string of the molecule is CCCNCC(F)(F)c1cc(C)cc(C)c1. The van der Waals surface area contributed by atoms with E-state index in [1.165, 1.54) is 0 Å². The first kappa shape index (κ1) is 13.1. The van der Waals surface area contributed by atoms with Gasteiger partial charge in [-0.2, -0.15) is 8.78 Å². The highest BCUT2D eigenvalue weighted by atomic mass is 19.3. The second-order valence-electron chi connectivity index (χ2n) is 4.26. The van der Waals surface area contributed by atoms with Gasteiger partial charge in [0.15, 0.2) is 0 Å². The number of halogens is 2. The molecule has 0 amide bonds. The Hall–Kier alpha value is -0.960. The summed E-state index contributed by atoms with van der Waals surface area (Å²) in [5.74, 6) is -2.79. The highest BCUT2D eigenvalue weighted by molar-refractivity contribution is 5.31. The maximum atomic E-state index is 13.8. The molecule has 0 atom stereocenters. The maximum absolute atomic E-state index is 13.8. The molecule has 90 valence electrons. The van der Waals surface area contributed by atoms with Crippen LogP contribution in [-0.2, 0) is 5.92 Å². The smallest absolute Gasteiger partial charge is 0.285 e. The normalized spacial score (nSPS) is 11.8. The van der Waals surface area contributed by atoms with Crippen molar-refractivity contribution in [2.45, 2.75) is 33.1 Å². The number of nitrogens with one attached hydrogen (secondary N) is 1. The van der Waals surface area contributed by atoms with Gasteiger partial charge >= 0.3 is 0 Å². The fraction of sp³-hybridized carbons (Fsp3) is 0.538. The summed E-state index contributed by atoms with van der Waals surface area (Å²) in [6.07, 6.45) is 0.864. The molecule has 0 fully saturated rings. The van der Waals surface area contributed by atoms with Crippen LogP contribution in [0.15, 0.2) is 18.2 Å². The molecule has 0 aromatic heterocycles. The Morgan fingerprint density at radius 3 is 2.19 bits per heavy atom. The van der Waals surface area contributed by atoms with Gasteiger partial charge in [0.05, 0.1) is 6.54 Å². The van der Waals surface area contributed by atoms with E-state index >= 15 is 0 Å². The van der Waals surface area contributed by atoms with Crippen LogP contribution in [0.2, 0.25) is 0 Å². The third kappa shape index (κ3) is 3.56. The Labute approximate surface area is 95.9 Å². The summed E-state index contributed by atoms with van der Waals surface area (Å²) >= 11 is 0. The van der Waals surface area contributed by atoms with Crippen LogP contribution in [0.4, 0.5) is 8.78 Å². The van der Waals surface area contributed by atoms with Crippen molar-refractivity contribution in [3.63, 3.8) is 0 Å². The molecule has 0 aliphatic carbocycles. The quantitative estimate of drug-likeness (QED) is 0.760. The van der Waals surface area contributed by atoms with Gasteiger partial charge in [-0.05, 0) is 26.8 Å². The topological polar surface area (TPSA) is 12.0 Å². The molecule has 0 radical (unpaired) electrons. The first-order chi connectivity index (χ1) is 7.45. The van der Waals surface area contributed by atoms with Crippen LogP contribution in [0.25, 0.3) is 0 Å². The molecule has 1 nitrogen and oxygen atoms in total. The Balaban J connectivity index is 2.80. The van der Waals surface area contributed by atoms with Crippen LogP contribution < -0.4 is 5.32 Å². The predicted octanol–water partition coefficient (Wildman–Crippen LogP) is 3.39. The molecule has 1 rings (SSSR count). The molecule has 0 aliphatic rings. The van der Waals surface area contributed by atoms with Crippen molar-refractivity contribution in [1.29, 1.82) is 0 Å². The molecular weight excluding hydrogens is 208 g/mol. The van der Waals surface area contributed by atoms with E-state index in [1.54, 1.807) is 12.1 Å². The Morgan fingerprint density at radius 1 is 1.12 bits per heavy atom. The van der Waals surface area contributed by atoms with Crippen molar-refractivity contribution in [2.75, 3.05) is 13.1 Å². The zero-order valence-electron chi connectivity index (χ0n) is 10.1. The Kier molecular flexibility index (Phi) is 4.42. The molecule has 1 aromatic carbocycles. The summed E-state index contributed by atoms with van der Waals surface area (Å²) in [7, 11) is 0. The summed E-state index contributed by atoms with van der Waals surface area (Å²) in [5.41, 5.74) is 1.86. The van der Waals surface area contributed by atoms with Crippen molar-refractivity contribution in [3.8, 4) is 0 Å². The fourth-order valence-corrected chi connectivity index (χ4v) is 1.71. The van der Waals surface area contributed by atoms with Gasteiger partial charge in [-0.1, -0.05) is 36.2 Å². The standard InChI is InChI=1S/C13H19F2N/c1-4-5-16-9-13(14,15)12-7-10(2)6-11(3)8-12/h6-8,16H,4-5,9H2,1-3H3. The monoisotopic (exact) mass is 227 g/mol. The number of hydrogen-bond donors (Lipinski definition) is 1. The molecule has 0 saturated carbocycles. The van der Waals surface area contributed by atoms with E-state index in [9.17, 15) is 8.78 Å². The highest BCUT2D eigenvalue weighted by Gasteiger charge is 2.31. The second-order valence-corrected chi connectivity index (χ2v) is 4.26. The zero-order valence-corrected chi connectivity index (χ0v) is 10.1. The Bertz CT molecular complexity index is 328. The number of hydrogen-bond acceptors (Lipinski definition) is 1. The molecule has 0 aliphatic heterocycles. The van der Waals surface area contributed by atoms with E-state index in [2.05, 4.69) is 5.32 Å². The molecule has 3 heteroatoms. The van der Waals surface area contributed by atoms with Gasteiger partial charge in [0, 0.05) is 5.56 Å². The van der Waals surface area contributed by atoms with Crippen LogP contribution in [0.1, 0.15) is 30.0 Å². The van der Waals surface area contributed by atoms with Crippen LogP contribution in [0.3, 0.4) is 0 Å². The lowest BCUT2D eigenvalue weighted by Crippen LogP contribution is -2.31.